The number of carboxylic acid groups (broad SMARTS) is 1. The molecule has 3 aromatic rings. The molecule has 2 atom stereocenters. The number of hydrogen-bond donors (Lipinski definition) is 2. The van der Waals surface area contributed by atoms with Crippen molar-refractivity contribution in [3.05, 3.63) is 69.7 Å². The number of carboxylic acids is 1. The number of carbonyl (C=O) groups excluding carboxylic acids is 2. The van der Waals surface area contributed by atoms with Crippen LogP contribution in [0, 0.1) is 11.6 Å². The van der Waals surface area contributed by atoms with Gasteiger partial charge >= 0.3 is 12.1 Å². The summed E-state index contributed by atoms with van der Waals surface area (Å²) in [5.41, 5.74) is 0.584. The Labute approximate surface area is 237 Å². The van der Waals surface area contributed by atoms with Gasteiger partial charge in [-0.3, -0.25) is 9.69 Å². The van der Waals surface area contributed by atoms with Gasteiger partial charge in [-0.25, -0.2) is 23.4 Å². The predicted molar refractivity (Wildman–Crippen MR) is 140 cm³/mol. The van der Waals surface area contributed by atoms with E-state index in [-0.39, 0.29) is 16.8 Å². The van der Waals surface area contributed by atoms with Gasteiger partial charge in [-0.05, 0) is 63.6 Å². The predicted octanol–water partition coefficient (Wildman–Crippen LogP) is 5.86. The van der Waals surface area contributed by atoms with Crippen LogP contribution in [-0.2, 0) is 9.53 Å². The normalized spacial score (nSPS) is 13.7. The maximum absolute atomic E-state index is 15.2. The lowest BCUT2D eigenvalue weighted by molar-refractivity contribution is -0.177. The average Bonchev–Trinajstić information content (AvgIpc) is 3.23. The SMILES string of the molecule is CC(c1nc(-c2ccc(Cl)cc2)c(Cl)o1)C(Oc1ccc(F)c(C(N)=O)c1F)(C(=O)O)N(C)C(=O)OC(C)(C)C. The van der Waals surface area contributed by atoms with Crippen LogP contribution in [0.2, 0.25) is 10.2 Å². The topological polar surface area (TPSA) is 145 Å². The summed E-state index contributed by atoms with van der Waals surface area (Å²) in [5, 5.41) is 10.7. The number of nitrogens with two attached hydrogens (primary N) is 1. The van der Waals surface area contributed by atoms with Crippen molar-refractivity contribution in [1.82, 2.24) is 9.88 Å². The number of carbonyl (C=O) groups is 3. The monoisotopic (exact) mass is 599 g/mol. The molecule has 0 saturated carbocycles. The summed E-state index contributed by atoms with van der Waals surface area (Å²) in [6.07, 6.45) is -1.19. The van der Waals surface area contributed by atoms with Crippen LogP contribution in [0.1, 0.15) is 49.9 Å². The summed E-state index contributed by atoms with van der Waals surface area (Å²) in [5.74, 6) is -8.94. The van der Waals surface area contributed by atoms with E-state index in [4.69, 9.17) is 42.8 Å². The minimum Gasteiger partial charge on any atom is -0.477 e. The van der Waals surface area contributed by atoms with E-state index in [1.54, 1.807) is 24.3 Å². The Hall–Kier alpha value is -3.90. The molecular weight excluding hydrogens is 575 g/mol. The first-order valence-corrected chi connectivity index (χ1v) is 12.3. The van der Waals surface area contributed by atoms with E-state index in [2.05, 4.69) is 4.98 Å². The average molecular weight is 600 g/mol. The second-order valence-electron chi connectivity index (χ2n) is 9.64. The third kappa shape index (κ3) is 5.97. The Bertz CT molecular complexity index is 1460. The molecule has 0 aliphatic carbocycles. The number of ether oxygens (including phenoxy) is 2. The molecule has 2 amide bonds. The number of benzene rings is 2. The highest BCUT2D eigenvalue weighted by molar-refractivity contribution is 6.31. The summed E-state index contributed by atoms with van der Waals surface area (Å²) < 4.78 is 45.9. The highest BCUT2D eigenvalue weighted by atomic mass is 35.5. The number of nitrogens with zero attached hydrogens (tertiary/aromatic N) is 2. The summed E-state index contributed by atoms with van der Waals surface area (Å²) >= 11 is 12.2. The third-order valence-corrected chi connectivity index (χ3v) is 6.23. The van der Waals surface area contributed by atoms with E-state index in [9.17, 15) is 23.9 Å². The molecule has 14 heteroatoms. The smallest absolute Gasteiger partial charge is 0.413 e. The van der Waals surface area contributed by atoms with Gasteiger partial charge in [-0.15, -0.1) is 0 Å². The Kier molecular flexibility index (Phi) is 8.66. The van der Waals surface area contributed by atoms with E-state index >= 15 is 4.39 Å². The fourth-order valence-corrected chi connectivity index (χ4v) is 4.10. The fourth-order valence-electron chi connectivity index (χ4n) is 3.75. The minimum absolute atomic E-state index is 0.114. The number of rotatable bonds is 8. The largest absolute Gasteiger partial charge is 0.477 e. The van der Waals surface area contributed by atoms with Crippen molar-refractivity contribution >= 4 is 41.2 Å². The molecule has 3 N–H and O–H groups in total. The molecule has 2 aromatic carbocycles. The van der Waals surface area contributed by atoms with Gasteiger partial charge in [0.2, 0.25) is 11.1 Å². The number of halogens is 4. The van der Waals surface area contributed by atoms with Gasteiger partial charge in [0.05, 0.1) is 0 Å². The molecule has 40 heavy (non-hydrogen) atoms. The summed E-state index contributed by atoms with van der Waals surface area (Å²) in [6, 6.07) is 7.72. The molecule has 1 heterocycles. The van der Waals surface area contributed by atoms with Crippen molar-refractivity contribution in [3.63, 3.8) is 0 Å². The zero-order chi connectivity index (χ0) is 30.2. The highest BCUT2D eigenvalue weighted by Gasteiger charge is 2.56. The molecule has 0 aliphatic rings. The molecule has 0 aliphatic heterocycles. The van der Waals surface area contributed by atoms with Crippen LogP contribution in [0.4, 0.5) is 13.6 Å². The van der Waals surface area contributed by atoms with Gasteiger partial charge in [-0.1, -0.05) is 23.7 Å². The summed E-state index contributed by atoms with van der Waals surface area (Å²) in [7, 11) is 1.03. The van der Waals surface area contributed by atoms with Crippen LogP contribution in [0.5, 0.6) is 5.75 Å². The molecule has 214 valence electrons. The van der Waals surface area contributed by atoms with Crippen LogP contribution in [0.25, 0.3) is 11.3 Å². The molecule has 0 saturated heterocycles. The molecule has 0 fully saturated rings. The van der Waals surface area contributed by atoms with Gasteiger partial charge in [-0.2, -0.15) is 0 Å². The van der Waals surface area contributed by atoms with Crippen LogP contribution in [0.15, 0.2) is 40.8 Å². The second kappa shape index (κ2) is 11.3. The zero-order valence-corrected chi connectivity index (χ0v) is 23.4. The molecule has 1 aromatic heterocycles. The second-order valence-corrected chi connectivity index (χ2v) is 10.4. The molecule has 0 bridgehead atoms. The van der Waals surface area contributed by atoms with Gasteiger partial charge in [0.1, 0.15) is 28.6 Å². The molecular formula is C26H25Cl2F2N3O7. The van der Waals surface area contributed by atoms with Gasteiger partial charge in [0.25, 0.3) is 11.6 Å². The van der Waals surface area contributed by atoms with Crippen molar-refractivity contribution in [2.24, 2.45) is 5.73 Å². The lowest BCUT2D eigenvalue weighted by atomic mass is 9.95. The van der Waals surface area contributed by atoms with Crippen LogP contribution in [-0.4, -0.2) is 51.3 Å². The standard InChI is InChI=1S/C26H25Cl2F2N3O7/c1-12(22-32-19(20(28)38-22)13-6-8-14(27)9-7-13)26(23(35)36,33(5)24(37)40-25(2,3)4)39-16-11-10-15(29)17(18(16)30)21(31)34/h6-12H,1-5H3,(H2,31,34)(H,35,36). The van der Waals surface area contributed by atoms with E-state index in [1.165, 1.54) is 27.7 Å². The molecule has 10 nitrogen and oxygen atoms in total. The first kappa shape index (κ1) is 30.6. The summed E-state index contributed by atoms with van der Waals surface area (Å²) in [6.45, 7) is 5.88. The number of primary amides is 1. The Morgan fingerprint density at radius 2 is 1.70 bits per heavy atom. The number of likely N-dealkylation sites (N-methyl/N-ethyl adjacent to an activating group) is 1. The number of oxazole rings is 1. The highest BCUT2D eigenvalue weighted by Crippen LogP contribution is 2.40. The van der Waals surface area contributed by atoms with Crippen LogP contribution >= 0.6 is 23.2 Å². The van der Waals surface area contributed by atoms with Crippen molar-refractivity contribution in [2.45, 2.75) is 44.9 Å². The van der Waals surface area contributed by atoms with E-state index in [0.717, 1.165) is 13.1 Å². The van der Waals surface area contributed by atoms with Crippen LogP contribution in [0.3, 0.4) is 0 Å². The molecule has 0 radical (unpaired) electrons. The third-order valence-electron chi connectivity index (χ3n) is 5.72. The quantitative estimate of drug-likeness (QED) is 0.306. The van der Waals surface area contributed by atoms with E-state index < -0.39 is 58.2 Å². The van der Waals surface area contributed by atoms with Gasteiger partial charge < -0.3 is 24.7 Å². The number of aliphatic carboxylic acids is 1. The molecule has 0 spiro atoms. The van der Waals surface area contributed by atoms with Crippen LogP contribution < -0.4 is 10.5 Å². The summed E-state index contributed by atoms with van der Waals surface area (Å²) in [4.78, 5) is 42.6. The zero-order valence-electron chi connectivity index (χ0n) is 21.9. The van der Waals surface area contributed by atoms with Crippen molar-refractivity contribution in [3.8, 4) is 17.0 Å². The number of aromatic nitrogens is 1. The van der Waals surface area contributed by atoms with Gasteiger partial charge in [0, 0.05) is 17.6 Å². The number of amides is 2. The first-order chi connectivity index (χ1) is 18.5. The van der Waals surface area contributed by atoms with Crippen molar-refractivity contribution in [1.29, 1.82) is 0 Å². The Balaban J connectivity index is 2.23. The van der Waals surface area contributed by atoms with Crippen molar-refractivity contribution in [2.75, 3.05) is 7.05 Å². The van der Waals surface area contributed by atoms with Gasteiger partial charge in [0.15, 0.2) is 11.6 Å². The number of hydrogen-bond acceptors (Lipinski definition) is 7. The maximum atomic E-state index is 15.2. The molecule has 3 rings (SSSR count). The Morgan fingerprint density at radius 1 is 1.10 bits per heavy atom. The molecule has 2 unspecified atom stereocenters. The maximum Gasteiger partial charge on any atom is 0.413 e. The first-order valence-electron chi connectivity index (χ1n) is 11.6. The fraction of sp³-hybridized carbons (Fsp3) is 0.308. The lowest BCUT2D eigenvalue weighted by Crippen LogP contribution is -2.63. The van der Waals surface area contributed by atoms with Crippen molar-refractivity contribution < 1.29 is 42.2 Å². The Morgan fingerprint density at radius 3 is 2.23 bits per heavy atom. The minimum atomic E-state index is -2.85. The van der Waals surface area contributed by atoms with E-state index in [1.807, 2.05) is 0 Å². The van der Waals surface area contributed by atoms with E-state index in [0.29, 0.717) is 21.6 Å². The lowest BCUT2D eigenvalue weighted by Gasteiger charge is -2.41.